The molecule has 0 radical (unpaired) electrons. The number of rotatable bonds is 8. The van der Waals surface area contributed by atoms with Crippen LogP contribution >= 0.6 is 0 Å². The molecule has 0 nitrogen and oxygen atoms in total. The van der Waals surface area contributed by atoms with Gasteiger partial charge in [-0.05, 0) is 48.3 Å². The minimum Gasteiger partial charge on any atom is -0.0654 e. The topological polar surface area (TPSA) is 0 Å². The van der Waals surface area contributed by atoms with Crippen LogP contribution in [0.4, 0.5) is 0 Å². The van der Waals surface area contributed by atoms with E-state index in [4.69, 9.17) is 0 Å². The van der Waals surface area contributed by atoms with E-state index in [0.29, 0.717) is 5.41 Å². The van der Waals surface area contributed by atoms with Gasteiger partial charge < -0.3 is 0 Å². The van der Waals surface area contributed by atoms with Crippen molar-refractivity contribution in [2.24, 2.45) is 29.1 Å². The predicted octanol–water partition coefficient (Wildman–Crippen LogP) is 7.08. The molecule has 0 N–H and O–H groups in total. The molecule has 0 amide bonds. The van der Waals surface area contributed by atoms with Crippen molar-refractivity contribution < 1.29 is 0 Å². The summed E-state index contributed by atoms with van der Waals surface area (Å²) in [6.07, 6.45) is 12.9. The highest BCUT2D eigenvalue weighted by molar-refractivity contribution is 4.93. The Hall–Kier alpha value is 0. The standard InChI is InChI=1S/C20H40/c1-7-10-11-12-13-19-17(5)20(6,9-3)15-14-18(19)16(4)8-2/h16-19H,7-15H2,1-6H3. The normalized spacial score (nSPS) is 36.0. The third kappa shape index (κ3) is 4.25. The smallest absolute Gasteiger partial charge is 0.0300 e. The molecule has 0 heteroatoms. The van der Waals surface area contributed by atoms with Gasteiger partial charge in [-0.15, -0.1) is 0 Å². The van der Waals surface area contributed by atoms with E-state index >= 15 is 0 Å². The molecule has 20 heavy (non-hydrogen) atoms. The Labute approximate surface area is 129 Å². The van der Waals surface area contributed by atoms with Gasteiger partial charge in [0.2, 0.25) is 0 Å². The number of unbranched alkanes of at least 4 members (excludes halogenated alkanes) is 3. The Balaban J connectivity index is 2.71. The zero-order valence-electron chi connectivity index (χ0n) is 15.2. The van der Waals surface area contributed by atoms with Gasteiger partial charge in [0.05, 0.1) is 0 Å². The van der Waals surface area contributed by atoms with Crippen molar-refractivity contribution in [2.45, 2.75) is 99.3 Å². The van der Waals surface area contributed by atoms with Crippen LogP contribution in [0.25, 0.3) is 0 Å². The second-order valence-corrected chi connectivity index (χ2v) is 7.90. The van der Waals surface area contributed by atoms with Gasteiger partial charge in [0.25, 0.3) is 0 Å². The predicted molar refractivity (Wildman–Crippen MR) is 92.0 cm³/mol. The molecule has 0 aromatic rings. The lowest BCUT2D eigenvalue weighted by Crippen LogP contribution is -2.41. The van der Waals surface area contributed by atoms with Crippen LogP contribution in [0.1, 0.15) is 99.3 Å². The third-order valence-corrected chi connectivity index (χ3v) is 6.91. The van der Waals surface area contributed by atoms with Crippen LogP contribution in [-0.4, -0.2) is 0 Å². The van der Waals surface area contributed by atoms with Crippen molar-refractivity contribution in [3.05, 3.63) is 0 Å². The maximum atomic E-state index is 2.57. The van der Waals surface area contributed by atoms with Crippen molar-refractivity contribution in [3.8, 4) is 0 Å². The molecular formula is C20H40. The van der Waals surface area contributed by atoms with E-state index in [9.17, 15) is 0 Å². The van der Waals surface area contributed by atoms with E-state index < -0.39 is 0 Å². The summed E-state index contributed by atoms with van der Waals surface area (Å²) in [6.45, 7) is 14.8. The van der Waals surface area contributed by atoms with Gasteiger partial charge in [0, 0.05) is 0 Å². The van der Waals surface area contributed by atoms with Crippen LogP contribution in [0, 0.1) is 29.1 Å². The van der Waals surface area contributed by atoms with Gasteiger partial charge in [-0.2, -0.15) is 0 Å². The molecule has 0 heterocycles. The molecule has 0 aromatic heterocycles. The fraction of sp³-hybridized carbons (Fsp3) is 1.00. The van der Waals surface area contributed by atoms with Crippen molar-refractivity contribution in [1.82, 2.24) is 0 Å². The Morgan fingerprint density at radius 2 is 1.80 bits per heavy atom. The van der Waals surface area contributed by atoms with E-state index in [1.165, 1.54) is 57.8 Å². The first-order valence-corrected chi connectivity index (χ1v) is 9.50. The zero-order chi connectivity index (χ0) is 15.2. The van der Waals surface area contributed by atoms with Crippen LogP contribution < -0.4 is 0 Å². The Bertz CT molecular complexity index is 255. The van der Waals surface area contributed by atoms with Gasteiger partial charge in [0.1, 0.15) is 0 Å². The third-order valence-electron chi connectivity index (χ3n) is 6.91. The summed E-state index contributed by atoms with van der Waals surface area (Å²) in [5.74, 6) is 3.83. The fourth-order valence-electron chi connectivity index (χ4n) is 4.60. The molecule has 120 valence electrons. The van der Waals surface area contributed by atoms with Gasteiger partial charge >= 0.3 is 0 Å². The SMILES string of the molecule is CCCCCCC1C(C(C)CC)CCC(C)(CC)C1C. The second kappa shape index (κ2) is 8.44. The molecule has 0 spiro atoms. The molecule has 1 fully saturated rings. The molecule has 1 rings (SSSR count). The zero-order valence-corrected chi connectivity index (χ0v) is 15.2. The van der Waals surface area contributed by atoms with Crippen molar-refractivity contribution in [3.63, 3.8) is 0 Å². The highest BCUT2D eigenvalue weighted by Gasteiger charge is 2.43. The van der Waals surface area contributed by atoms with E-state index in [0.717, 1.165) is 23.7 Å². The lowest BCUT2D eigenvalue weighted by molar-refractivity contribution is -0.00395. The van der Waals surface area contributed by atoms with E-state index in [-0.39, 0.29) is 0 Å². The summed E-state index contributed by atoms with van der Waals surface area (Å²) in [4.78, 5) is 0. The highest BCUT2D eigenvalue weighted by atomic mass is 14.5. The summed E-state index contributed by atoms with van der Waals surface area (Å²) >= 11 is 0. The average molecular weight is 281 g/mol. The fourth-order valence-corrected chi connectivity index (χ4v) is 4.60. The van der Waals surface area contributed by atoms with Crippen LogP contribution in [0.3, 0.4) is 0 Å². The van der Waals surface area contributed by atoms with Gasteiger partial charge in [0.15, 0.2) is 0 Å². The van der Waals surface area contributed by atoms with Crippen LogP contribution in [-0.2, 0) is 0 Å². The largest absolute Gasteiger partial charge is 0.0654 e. The molecule has 5 atom stereocenters. The van der Waals surface area contributed by atoms with Gasteiger partial charge in [-0.25, -0.2) is 0 Å². The summed E-state index contributed by atoms with van der Waals surface area (Å²) < 4.78 is 0. The first-order chi connectivity index (χ1) is 9.50. The maximum Gasteiger partial charge on any atom is -0.0300 e. The maximum absolute atomic E-state index is 2.57. The molecule has 0 aliphatic heterocycles. The van der Waals surface area contributed by atoms with Crippen LogP contribution in [0.15, 0.2) is 0 Å². The molecule has 0 aromatic carbocycles. The number of hydrogen-bond acceptors (Lipinski definition) is 0. The molecule has 1 aliphatic carbocycles. The van der Waals surface area contributed by atoms with E-state index in [2.05, 4.69) is 41.5 Å². The highest BCUT2D eigenvalue weighted by Crippen LogP contribution is 2.52. The minimum atomic E-state index is 0.611. The first-order valence-electron chi connectivity index (χ1n) is 9.50. The summed E-state index contributed by atoms with van der Waals surface area (Å²) in [7, 11) is 0. The molecule has 1 saturated carbocycles. The Morgan fingerprint density at radius 1 is 1.10 bits per heavy atom. The molecule has 0 bridgehead atoms. The monoisotopic (exact) mass is 280 g/mol. The lowest BCUT2D eigenvalue weighted by Gasteiger charge is -2.50. The van der Waals surface area contributed by atoms with Gasteiger partial charge in [-0.3, -0.25) is 0 Å². The first kappa shape index (κ1) is 18.1. The summed E-state index contributed by atoms with van der Waals surface area (Å²) in [5, 5.41) is 0. The molecule has 1 aliphatic rings. The lowest BCUT2D eigenvalue weighted by atomic mass is 9.55. The van der Waals surface area contributed by atoms with Gasteiger partial charge in [-0.1, -0.05) is 80.1 Å². The van der Waals surface area contributed by atoms with Crippen molar-refractivity contribution >= 4 is 0 Å². The quantitative estimate of drug-likeness (QED) is 0.417. The van der Waals surface area contributed by atoms with Crippen LogP contribution in [0.2, 0.25) is 0 Å². The molecule has 5 unspecified atom stereocenters. The number of hydrogen-bond donors (Lipinski definition) is 0. The summed E-state index contributed by atoms with van der Waals surface area (Å²) in [6, 6.07) is 0. The van der Waals surface area contributed by atoms with Crippen LogP contribution in [0.5, 0.6) is 0 Å². The minimum absolute atomic E-state index is 0.611. The van der Waals surface area contributed by atoms with Crippen molar-refractivity contribution in [2.75, 3.05) is 0 Å². The summed E-state index contributed by atoms with van der Waals surface area (Å²) in [5.41, 5.74) is 0.611. The molecular weight excluding hydrogens is 240 g/mol. The van der Waals surface area contributed by atoms with Crippen molar-refractivity contribution in [1.29, 1.82) is 0 Å². The van der Waals surface area contributed by atoms with E-state index in [1.807, 2.05) is 0 Å². The molecule has 0 saturated heterocycles. The van der Waals surface area contributed by atoms with E-state index in [1.54, 1.807) is 0 Å². The average Bonchev–Trinajstić information content (AvgIpc) is 2.47. The second-order valence-electron chi connectivity index (χ2n) is 7.90. The Kier molecular flexibility index (Phi) is 7.62. The Morgan fingerprint density at radius 3 is 2.35 bits per heavy atom.